The number of sulfonamides is 1. The van der Waals surface area contributed by atoms with Gasteiger partial charge in [-0.1, -0.05) is 12.1 Å². The number of aromatic nitrogens is 2. The second kappa shape index (κ2) is 6.39. The summed E-state index contributed by atoms with van der Waals surface area (Å²) in [5.74, 6) is 0.780. The van der Waals surface area contributed by atoms with Crippen molar-refractivity contribution < 1.29 is 13.2 Å². The van der Waals surface area contributed by atoms with Gasteiger partial charge in [-0.3, -0.25) is 0 Å². The van der Waals surface area contributed by atoms with Gasteiger partial charge in [0.15, 0.2) is 0 Å². The highest BCUT2D eigenvalue weighted by atomic mass is 32.2. The van der Waals surface area contributed by atoms with Crippen LogP contribution in [-0.2, 0) is 16.4 Å². The summed E-state index contributed by atoms with van der Waals surface area (Å²) in [6.07, 6.45) is 2.15. The van der Waals surface area contributed by atoms with Gasteiger partial charge in [0.2, 0.25) is 10.0 Å². The van der Waals surface area contributed by atoms with Crippen molar-refractivity contribution in [2.45, 2.75) is 11.3 Å². The maximum atomic E-state index is 12.3. The van der Waals surface area contributed by atoms with Crippen LogP contribution in [0, 0.1) is 0 Å². The Morgan fingerprint density at radius 2 is 1.96 bits per heavy atom. The van der Waals surface area contributed by atoms with Gasteiger partial charge in [0.1, 0.15) is 5.75 Å². The number of benzene rings is 2. The van der Waals surface area contributed by atoms with E-state index < -0.39 is 10.0 Å². The van der Waals surface area contributed by atoms with Gasteiger partial charge in [0, 0.05) is 6.54 Å². The highest BCUT2D eigenvalue weighted by molar-refractivity contribution is 7.89. The number of nitrogens with zero attached hydrogens (tertiary/aromatic N) is 1. The van der Waals surface area contributed by atoms with Gasteiger partial charge in [0.05, 0.1) is 29.4 Å². The van der Waals surface area contributed by atoms with Crippen LogP contribution in [-0.4, -0.2) is 32.0 Å². The average Bonchev–Trinajstić information content (AvgIpc) is 3.03. The van der Waals surface area contributed by atoms with Crippen molar-refractivity contribution in [1.29, 1.82) is 0 Å². The van der Waals surface area contributed by atoms with Gasteiger partial charge in [-0.25, -0.2) is 18.1 Å². The van der Waals surface area contributed by atoms with E-state index in [4.69, 9.17) is 4.74 Å². The topological polar surface area (TPSA) is 84.1 Å². The Morgan fingerprint density at radius 1 is 1.17 bits per heavy atom. The molecule has 7 heteroatoms. The van der Waals surface area contributed by atoms with E-state index in [9.17, 15) is 8.42 Å². The third kappa shape index (κ3) is 3.52. The molecule has 1 aromatic heterocycles. The molecule has 0 aliphatic rings. The summed E-state index contributed by atoms with van der Waals surface area (Å²) in [6.45, 7) is 0.329. The minimum atomic E-state index is -3.54. The molecule has 0 saturated heterocycles. The zero-order valence-corrected chi connectivity index (χ0v) is 13.4. The molecule has 1 heterocycles. The lowest BCUT2D eigenvalue weighted by atomic mass is 10.1. The molecular weight excluding hydrogens is 314 g/mol. The van der Waals surface area contributed by atoms with Crippen molar-refractivity contribution in [3.8, 4) is 5.75 Å². The fraction of sp³-hybridized carbons (Fsp3) is 0.188. The minimum Gasteiger partial charge on any atom is -0.497 e. The van der Waals surface area contributed by atoms with E-state index in [1.54, 1.807) is 25.3 Å². The minimum absolute atomic E-state index is 0.226. The lowest BCUT2D eigenvalue weighted by Gasteiger charge is -2.07. The lowest BCUT2D eigenvalue weighted by molar-refractivity contribution is 0.414. The molecule has 0 fully saturated rings. The molecule has 0 aliphatic heterocycles. The molecule has 3 rings (SSSR count). The van der Waals surface area contributed by atoms with E-state index in [0.29, 0.717) is 18.5 Å². The van der Waals surface area contributed by atoms with Crippen LogP contribution < -0.4 is 9.46 Å². The molecule has 0 saturated carbocycles. The van der Waals surface area contributed by atoms with Crippen molar-refractivity contribution in [1.82, 2.24) is 14.7 Å². The van der Waals surface area contributed by atoms with Gasteiger partial charge in [-0.05, 0) is 42.3 Å². The van der Waals surface area contributed by atoms with Crippen molar-refractivity contribution in [3.63, 3.8) is 0 Å². The summed E-state index contributed by atoms with van der Waals surface area (Å²) in [5, 5.41) is 0. The van der Waals surface area contributed by atoms with E-state index in [1.165, 1.54) is 6.33 Å². The molecule has 3 aromatic rings. The van der Waals surface area contributed by atoms with Gasteiger partial charge < -0.3 is 9.72 Å². The van der Waals surface area contributed by atoms with Gasteiger partial charge in [0.25, 0.3) is 0 Å². The molecule has 0 spiro atoms. The number of nitrogens with one attached hydrogen (secondary N) is 2. The highest BCUT2D eigenvalue weighted by Crippen LogP contribution is 2.16. The first-order valence-corrected chi connectivity index (χ1v) is 8.62. The second-order valence-corrected chi connectivity index (χ2v) is 6.84. The number of rotatable bonds is 6. The van der Waals surface area contributed by atoms with E-state index in [0.717, 1.165) is 16.8 Å². The standard InChI is InChI=1S/C16H17N3O3S/c1-22-13-4-2-12(3-5-13)8-9-19-23(20,21)14-6-7-15-16(10-14)18-11-17-15/h2-7,10-11,19H,8-9H2,1H3,(H,17,18). The summed E-state index contributed by atoms with van der Waals surface area (Å²) in [6, 6.07) is 12.4. The molecule has 0 aliphatic carbocycles. The second-order valence-electron chi connectivity index (χ2n) is 5.08. The van der Waals surface area contributed by atoms with Crippen LogP contribution in [0.1, 0.15) is 5.56 Å². The van der Waals surface area contributed by atoms with Crippen LogP contribution in [0.5, 0.6) is 5.75 Å². The fourth-order valence-corrected chi connectivity index (χ4v) is 3.34. The zero-order chi connectivity index (χ0) is 16.3. The molecule has 2 N–H and O–H groups in total. The van der Waals surface area contributed by atoms with Crippen molar-refractivity contribution in [3.05, 3.63) is 54.4 Å². The Morgan fingerprint density at radius 3 is 2.70 bits per heavy atom. The SMILES string of the molecule is COc1ccc(CCNS(=O)(=O)c2ccc3nc[nH]c3c2)cc1. The molecule has 0 unspecified atom stereocenters. The van der Waals surface area contributed by atoms with Crippen LogP contribution in [0.4, 0.5) is 0 Å². The van der Waals surface area contributed by atoms with Crippen LogP contribution >= 0.6 is 0 Å². The normalized spacial score (nSPS) is 11.7. The van der Waals surface area contributed by atoms with Gasteiger partial charge in [-0.15, -0.1) is 0 Å². The third-order valence-electron chi connectivity index (χ3n) is 3.57. The third-order valence-corrected chi connectivity index (χ3v) is 5.03. The fourth-order valence-electron chi connectivity index (χ4n) is 2.29. The summed E-state index contributed by atoms with van der Waals surface area (Å²) >= 11 is 0. The van der Waals surface area contributed by atoms with Gasteiger partial charge >= 0.3 is 0 Å². The molecule has 23 heavy (non-hydrogen) atoms. The van der Waals surface area contributed by atoms with Crippen LogP contribution in [0.25, 0.3) is 11.0 Å². The summed E-state index contributed by atoms with van der Waals surface area (Å²) in [4.78, 5) is 7.21. The van der Waals surface area contributed by atoms with Crippen LogP contribution in [0.3, 0.4) is 0 Å². The van der Waals surface area contributed by atoms with E-state index >= 15 is 0 Å². The quantitative estimate of drug-likeness (QED) is 0.724. The monoisotopic (exact) mass is 331 g/mol. The first-order valence-electron chi connectivity index (χ1n) is 7.14. The maximum absolute atomic E-state index is 12.3. The number of aromatic amines is 1. The Labute approximate surface area is 134 Å². The average molecular weight is 331 g/mol. The number of methoxy groups -OCH3 is 1. The Kier molecular flexibility index (Phi) is 4.31. The Hall–Kier alpha value is -2.38. The molecular formula is C16H17N3O3S. The van der Waals surface area contributed by atoms with E-state index in [2.05, 4.69) is 14.7 Å². The number of imidazole rings is 1. The summed E-state index contributed by atoms with van der Waals surface area (Å²) in [7, 11) is -1.92. The van der Waals surface area contributed by atoms with Crippen molar-refractivity contribution in [2.24, 2.45) is 0 Å². The predicted octanol–water partition coefficient (Wildman–Crippen LogP) is 2.09. The molecule has 2 aromatic carbocycles. The zero-order valence-electron chi connectivity index (χ0n) is 12.6. The lowest BCUT2D eigenvalue weighted by Crippen LogP contribution is -2.26. The first-order chi connectivity index (χ1) is 11.1. The number of fused-ring (bicyclic) bond motifs is 1. The highest BCUT2D eigenvalue weighted by Gasteiger charge is 2.14. The molecule has 0 atom stereocenters. The summed E-state index contributed by atoms with van der Waals surface area (Å²) < 4.78 is 32.4. The predicted molar refractivity (Wildman–Crippen MR) is 88.0 cm³/mol. The molecule has 120 valence electrons. The molecule has 0 amide bonds. The van der Waals surface area contributed by atoms with Crippen LogP contribution in [0.2, 0.25) is 0 Å². The number of hydrogen-bond donors (Lipinski definition) is 2. The van der Waals surface area contributed by atoms with Crippen LogP contribution in [0.15, 0.2) is 53.7 Å². The smallest absolute Gasteiger partial charge is 0.240 e. The molecule has 6 nitrogen and oxygen atoms in total. The van der Waals surface area contributed by atoms with Crippen molar-refractivity contribution >= 4 is 21.1 Å². The number of ether oxygens (including phenoxy) is 1. The number of hydrogen-bond acceptors (Lipinski definition) is 4. The maximum Gasteiger partial charge on any atom is 0.240 e. The molecule has 0 radical (unpaired) electrons. The van der Waals surface area contributed by atoms with E-state index in [1.807, 2.05) is 24.3 Å². The summed E-state index contributed by atoms with van der Waals surface area (Å²) in [5.41, 5.74) is 2.47. The Balaban J connectivity index is 1.65. The van der Waals surface area contributed by atoms with Gasteiger partial charge in [-0.2, -0.15) is 0 Å². The number of H-pyrrole nitrogens is 1. The largest absolute Gasteiger partial charge is 0.497 e. The molecule has 0 bridgehead atoms. The van der Waals surface area contributed by atoms with Crippen molar-refractivity contribution in [2.75, 3.05) is 13.7 Å². The first kappa shape index (κ1) is 15.5. The Bertz CT molecular complexity index is 902. The van der Waals surface area contributed by atoms with E-state index in [-0.39, 0.29) is 4.90 Å².